The Morgan fingerprint density at radius 2 is 2.19 bits per heavy atom. The molecular formula is C9H9NO6. The third-order valence-corrected chi connectivity index (χ3v) is 1.94. The Hall–Kier alpha value is -2.31. The third-order valence-electron chi connectivity index (χ3n) is 1.94. The van der Waals surface area contributed by atoms with Crippen LogP contribution in [0.5, 0.6) is 11.5 Å². The highest BCUT2D eigenvalue weighted by molar-refractivity contribution is 5.74. The van der Waals surface area contributed by atoms with Crippen molar-refractivity contribution in [3.8, 4) is 11.5 Å². The second kappa shape index (κ2) is 4.47. The molecule has 0 saturated carbocycles. The van der Waals surface area contributed by atoms with Crippen LogP contribution in [0, 0.1) is 10.1 Å². The quantitative estimate of drug-likeness (QED) is 0.585. The fourth-order valence-corrected chi connectivity index (χ4v) is 1.30. The minimum Gasteiger partial charge on any atom is -0.508 e. The summed E-state index contributed by atoms with van der Waals surface area (Å²) in [5.41, 5.74) is -0.485. The highest BCUT2D eigenvalue weighted by Gasteiger charge is 2.23. The molecule has 0 aromatic heterocycles. The molecule has 0 aliphatic rings. The molecule has 0 spiro atoms. The van der Waals surface area contributed by atoms with Crippen molar-refractivity contribution < 1.29 is 24.7 Å². The molecule has 1 aromatic carbocycles. The number of nitro benzene ring substituents is 1. The molecule has 0 unspecified atom stereocenters. The van der Waals surface area contributed by atoms with E-state index in [1.165, 1.54) is 7.11 Å². The maximum atomic E-state index is 10.6. The lowest BCUT2D eigenvalue weighted by molar-refractivity contribution is -0.385. The highest BCUT2D eigenvalue weighted by atomic mass is 16.6. The molecule has 1 rings (SSSR count). The van der Waals surface area contributed by atoms with Crippen molar-refractivity contribution in [2.75, 3.05) is 7.11 Å². The van der Waals surface area contributed by atoms with Crippen molar-refractivity contribution in [2.24, 2.45) is 0 Å². The van der Waals surface area contributed by atoms with E-state index >= 15 is 0 Å². The van der Waals surface area contributed by atoms with Gasteiger partial charge >= 0.3 is 11.7 Å². The normalized spacial score (nSPS) is 9.81. The minimum atomic E-state index is -1.21. The molecule has 0 saturated heterocycles. The summed E-state index contributed by atoms with van der Waals surface area (Å²) in [4.78, 5) is 20.5. The number of phenolic OH excluding ortho intramolecular Hbond substituents is 1. The number of phenols is 1. The number of carboxylic acids is 1. The molecule has 0 atom stereocenters. The molecule has 7 nitrogen and oxygen atoms in total. The first kappa shape index (κ1) is 11.8. The molecule has 0 aliphatic carbocycles. The number of aromatic hydroxyl groups is 1. The number of carboxylic acid groups (broad SMARTS) is 1. The topological polar surface area (TPSA) is 110 Å². The van der Waals surface area contributed by atoms with Gasteiger partial charge < -0.3 is 14.9 Å². The van der Waals surface area contributed by atoms with Crippen molar-refractivity contribution in [3.05, 3.63) is 27.8 Å². The first-order valence-electron chi connectivity index (χ1n) is 4.22. The van der Waals surface area contributed by atoms with Crippen LogP contribution >= 0.6 is 0 Å². The van der Waals surface area contributed by atoms with Gasteiger partial charge in [-0.05, 0) is 6.07 Å². The number of nitrogens with zero attached hydrogens (tertiary/aromatic N) is 1. The second-order valence-electron chi connectivity index (χ2n) is 2.94. The summed E-state index contributed by atoms with van der Waals surface area (Å²) in [6.07, 6.45) is -0.545. The summed E-state index contributed by atoms with van der Waals surface area (Å²) >= 11 is 0. The average molecular weight is 227 g/mol. The van der Waals surface area contributed by atoms with Crippen molar-refractivity contribution in [1.82, 2.24) is 0 Å². The van der Waals surface area contributed by atoms with Crippen molar-refractivity contribution in [1.29, 1.82) is 0 Å². The Bertz CT molecular complexity index is 442. The zero-order valence-corrected chi connectivity index (χ0v) is 8.34. The predicted molar refractivity (Wildman–Crippen MR) is 52.7 cm³/mol. The van der Waals surface area contributed by atoms with Gasteiger partial charge in [-0.25, -0.2) is 0 Å². The molecule has 0 bridgehead atoms. The Kier molecular flexibility index (Phi) is 3.29. The first-order valence-corrected chi connectivity index (χ1v) is 4.22. The van der Waals surface area contributed by atoms with Crippen LogP contribution < -0.4 is 4.74 Å². The first-order chi connectivity index (χ1) is 7.47. The molecule has 0 aliphatic heterocycles. The molecule has 86 valence electrons. The van der Waals surface area contributed by atoms with Gasteiger partial charge in [0.25, 0.3) is 0 Å². The summed E-state index contributed by atoms with van der Waals surface area (Å²) in [5.74, 6) is -1.79. The number of hydrogen-bond donors (Lipinski definition) is 2. The molecular weight excluding hydrogens is 218 g/mol. The summed E-state index contributed by atoms with van der Waals surface area (Å²) < 4.78 is 4.75. The van der Waals surface area contributed by atoms with E-state index in [-0.39, 0.29) is 22.7 Å². The number of hydrogen-bond acceptors (Lipinski definition) is 5. The van der Waals surface area contributed by atoms with Gasteiger partial charge in [-0.2, -0.15) is 0 Å². The van der Waals surface area contributed by atoms with Gasteiger partial charge in [0.05, 0.1) is 24.0 Å². The molecule has 0 amide bonds. The lowest BCUT2D eigenvalue weighted by atomic mass is 10.1. The van der Waals surface area contributed by atoms with Gasteiger partial charge in [0, 0.05) is 6.07 Å². The van der Waals surface area contributed by atoms with E-state index in [2.05, 4.69) is 0 Å². The summed E-state index contributed by atoms with van der Waals surface area (Å²) in [7, 11) is 1.17. The summed E-state index contributed by atoms with van der Waals surface area (Å²) in [5, 5.41) is 28.6. The number of ether oxygens (including phenoxy) is 1. The average Bonchev–Trinajstić information content (AvgIpc) is 2.19. The molecule has 0 radical (unpaired) electrons. The maximum Gasteiger partial charge on any atom is 0.311 e. The Morgan fingerprint density at radius 3 is 2.62 bits per heavy atom. The second-order valence-corrected chi connectivity index (χ2v) is 2.94. The number of methoxy groups -OCH3 is 1. The summed E-state index contributed by atoms with van der Waals surface area (Å²) in [6, 6.07) is 2.12. The fraction of sp³-hybridized carbons (Fsp3) is 0.222. The van der Waals surface area contributed by atoms with Crippen LogP contribution in [0.3, 0.4) is 0 Å². The number of rotatable bonds is 4. The molecule has 0 fully saturated rings. The van der Waals surface area contributed by atoms with Crippen LogP contribution in [0.4, 0.5) is 5.69 Å². The van der Waals surface area contributed by atoms with Gasteiger partial charge in [0.2, 0.25) is 5.75 Å². The molecule has 16 heavy (non-hydrogen) atoms. The van der Waals surface area contributed by atoms with Crippen LogP contribution in [-0.2, 0) is 11.2 Å². The minimum absolute atomic E-state index is 0.107. The SMILES string of the molecule is COc1c([N+](=O)[O-])ccc(O)c1CC(=O)O. The summed E-state index contributed by atoms with van der Waals surface area (Å²) in [6.45, 7) is 0. The van der Waals surface area contributed by atoms with Crippen LogP contribution in [0.2, 0.25) is 0 Å². The van der Waals surface area contributed by atoms with E-state index in [0.29, 0.717) is 0 Å². The van der Waals surface area contributed by atoms with Gasteiger partial charge in [-0.15, -0.1) is 0 Å². The van der Waals surface area contributed by atoms with Gasteiger partial charge in [-0.1, -0.05) is 0 Å². The number of aliphatic carboxylic acids is 1. The van der Waals surface area contributed by atoms with E-state index in [4.69, 9.17) is 9.84 Å². The standard InChI is InChI=1S/C9H9NO6/c1-16-9-5(4-8(12)13)7(11)3-2-6(9)10(14)15/h2-3,11H,4H2,1H3,(H,12,13). The van der Waals surface area contributed by atoms with Crippen LogP contribution in [0.25, 0.3) is 0 Å². The largest absolute Gasteiger partial charge is 0.508 e. The van der Waals surface area contributed by atoms with E-state index in [9.17, 15) is 20.0 Å². The highest BCUT2D eigenvalue weighted by Crippen LogP contribution is 2.36. The number of carbonyl (C=O) groups is 1. The van der Waals surface area contributed by atoms with Crippen LogP contribution in [0.1, 0.15) is 5.56 Å². The van der Waals surface area contributed by atoms with E-state index in [1.54, 1.807) is 0 Å². The van der Waals surface area contributed by atoms with Gasteiger partial charge in [0.1, 0.15) is 5.75 Å². The predicted octanol–water partition coefficient (Wildman–Crippen LogP) is 0.936. The van der Waals surface area contributed by atoms with Crippen molar-refractivity contribution in [3.63, 3.8) is 0 Å². The Morgan fingerprint density at radius 1 is 1.56 bits per heavy atom. The molecule has 1 aromatic rings. The van der Waals surface area contributed by atoms with Crippen molar-refractivity contribution in [2.45, 2.75) is 6.42 Å². The van der Waals surface area contributed by atoms with Gasteiger partial charge in [0.15, 0.2) is 0 Å². The fourth-order valence-electron chi connectivity index (χ4n) is 1.30. The Balaban J connectivity index is 3.37. The molecule has 0 heterocycles. The number of benzene rings is 1. The van der Waals surface area contributed by atoms with Gasteiger partial charge in [-0.3, -0.25) is 14.9 Å². The number of nitro groups is 1. The third kappa shape index (κ3) is 2.19. The zero-order valence-electron chi connectivity index (χ0n) is 8.34. The molecule has 2 N–H and O–H groups in total. The van der Waals surface area contributed by atoms with E-state index < -0.39 is 17.3 Å². The zero-order chi connectivity index (χ0) is 12.3. The van der Waals surface area contributed by atoms with E-state index in [0.717, 1.165) is 12.1 Å². The lowest BCUT2D eigenvalue weighted by Crippen LogP contribution is -2.04. The Labute approximate surface area is 90.0 Å². The van der Waals surface area contributed by atoms with E-state index in [1.807, 2.05) is 0 Å². The maximum absolute atomic E-state index is 10.6. The smallest absolute Gasteiger partial charge is 0.311 e. The van der Waals surface area contributed by atoms with Crippen LogP contribution in [0.15, 0.2) is 12.1 Å². The van der Waals surface area contributed by atoms with Crippen LogP contribution in [-0.4, -0.2) is 28.2 Å². The molecule has 7 heteroatoms. The van der Waals surface area contributed by atoms with Crippen molar-refractivity contribution >= 4 is 11.7 Å². The monoisotopic (exact) mass is 227 g/mol. The lowest BCUT2D eigenvalue weighted by Gasteiger charge is -2.08.